The summed E-state index contributed by atoms with van der Waals surface area (Å²) in [7, 11) is 0. The molecule has 0 aliphatic carbocycles. The minimum absolute atomic E-state index is 0.247. The fourth-order valence-corrected chi connectivity index (χ4v) is 4.58. The third-order valence-corrected chi connectivity index (χ3v) is 6.18. The molecule has 0 saturated heterocycles. The van der Waals surface area contributed by atoms with Crippen LogP contribution in [0.3, 0.4) is 0 Å². The lowest BCUT2D eigenvalue weighted by Gasteiger charge is -2.27. The van der Waals surface area contributed by atoms with Gasteiger partial charge in [-0.05, 0) is 36.2 Å². The van der Waals surface area contributed by atoms with E-state index in [2.05, 4.69) is 53.1 Å². The van der Waals surface area contributed by atoms with E-state index in [1.54, 1.807) is 4.90 Å². The molecule has 1 aliphatic rings. The summed E-state index contributed by atoms with van der Waals surface area (Å²) in [5.41, 5.74) is 6.03. The summed E-state index contributed by atoms with van der Waals surface area (Å²) in [5, 5.41) is 1.14. The third kappa shape index (κ3) is 4.44. The molecule has 4 aromatic rings. The molecule has 0 bridgehead atoms. The van der Waals surface area contributed by atoms with E-state index < -0.39 is 0 Å². The van der Waals surface area contributed by atoms with E-state index in [0.717, 1.165) is 29.7 Å². The zero-order valence-electron chi connectivity index (χ0n) is 18.9. The summed E-state index contributed by atoms with van der Waals surface area (Å²) in [6.45, 7) is 4.76. The first-order chi connectivity index (χ1) is 16.2. The summed E-state index contributed by atoms with van der Waals surface area (Å²) >= 11 is 0. The van der Waals surface area contributed by atoms with Gasteiger partial charge in [0.2, 0.25) is 0 Å². The van der Waals surface area contributed by atoms with E-state index in [1.807, 2.05) is 37.3 Å². The molecule has 0 radical (unpaired) electrons. The summed E-state index contributed by atoms with van der Waals surface area (Å²) in [5.74, 6) is 0.833. The van der Waals surface area contributed by atoms with Gasteiger partial charge in [-0.15, -0.1) is 0 Å². The molecule has 0 saturated carbocycles. The summed E-state index contributed by atoms with van der Waals surface area (Å²) in [6.07, 6.45) is 0.555. The Bertz CT molecular complexity index is 1250. The van der Waals surface area contributed by atoms with Gasteiger partial charge in [0, 0.05) is 41.7 Å². The first-order valence-electron chi connectivity index (χ1n) is 11.5. The van der Waals surface area contributed by atoms with Gasteiger partial charge in [0.15, 0.2) is 0 Å². The first-order valence-corrected chi connectivity index (χ1v) is 11.5. The lowest BCUT2D eigenvalue weighted by Crippen LogP contribution is -2.36. The van der Waals surface area contributed by atoms with Crippen LogP contribution < -0.4 is 4.74 Å². The van der Waals surface area contributed by atoms with Crippen LogP contribution >= 0.6 is 0 Å². The Morgan fingerprint density at radius 2 is 1.67 bits per heavy atom. The van der Waals surface area contributed by atoms with Gasteiger partial charge in [-0.1, -0.05) is 60.7 Å². The Hall–Kier alpha value is -3.73. The van der Waals surface area contributed by atoms with Crippen molar-refractivity contribution >= 4 is 17.0 Å². The summed E-state index contributed by atoms with van der Waals surface area (Å²) in [6, 6.07) is 27.0. The molecule has 1 aliphatic heterocycles. The number of amides is 1. The van der Waals surface area contributed by atoms with Crippen molar-refractivity contribution in [3.63, 3.8) is 0 Å². The molecule has 0 spiro atoms. The largest absolute Gasteiger partial charge is 0.489 e. The molecule has 0 atom stereocenters. The normalized spacial score (nSPS) is 13.1. The van der Waals surface area contributed by atoms with Crippen LogP contribution in [0.15, 0.2) is 78.9 Å². The zero-order chi connectivity index (χ0) is 22.6. The average Bonchev–Trinajstić information content (AvgIpc) is 3.16. The zero-order valence-corrected chi connectivity index (χ0v) is 18.9. The van der Waals surface area contributed by atoms with Crippen molar-refractivity contribution in [2.75, 3.05) is 13.2 Å². The number of carbonyl (C=O) groups is 1. The number of hydrogen-bond donors (Lipinski definition) is 0. The lowest BCUT2D eigenvalue weighted by atomic mass is 10.0. The van der Waals surface area contributed by atoms with Gasteiger partial charge in [0.05, 0.1) is 13.2 Å². The Morgan fingerprint density at radius 3 is 2.39 bits per heavy atom. The van der Waals surface area contributed by atoms with Gasteiger partial charge in [0.25, 0.3) is 0 Å². The Morgan fingerprint density at radius 1 is 0.939 bits per heavy atom. The van der Waals surface area contributed by atoms with E-state index >= 15 is 0 Å². The molecule has 1 aromatic heterocycles. The monoisotopic (exact) mass is 440 g/mol. The molecule has 3 aromatic carbocycles. The maximum atomic E-state index is 12.4. The number of carbonyl (C=O) groups excluding carboxylic acids is 1. The van der Waals surface area contributed by atoms with Gasteiger partial charge in [-0.3, -0.25) is 0 Å². The molecule has 2 heterocycles. The second-order valence-electron chi connectivity index (χ2n) is 8.32. The molecule has 5 rings (SSSR count). The molecular weight excluding hydrogens is 412 g/mol. The molecular formula is C28H28N2O3. The van der Waals surface area contributed by atoms with Crippen molar-refractivity contribution in [1.29, 1.82) is 0 Å². The van der Waals surface area contributed by atoms with Crippen LogP contribution in [0, 0.1) is 0 Å². The fraction of sp³-hybridized carbons (Fsp3) is 0.250. The highest BCUT2D eigenvalue weighted by atomic mass is 16.6. The van der Waals surface area contributed by atoms with E-state index in [0.29, 0.717) is 26.3 Å². The number of fused-ring (bicyclic) bond motifs is 3. The molecule has 5 heteroatoms. The lowest BCUT2D eigenvalue weighted by molar-refractivity contribution is 0.102. The average molecular weight is 441 g/mol. The van der Waals surface area contributed by atoms with Crippen molar-refractivity contribution in [2.24, 2.45) is 0 Å². The van der Waals surface area contributed by atoms with E-state index in [1.165, 1.54) is 22.3 Å². The van der Waals surface area contributed by atoms with Crippen molar-refractivity contribution in [1.82, 2.24) is 9.47 Å². The molecule has 168 valence electrons. The van der Waals surface area contributed by atoms with Crippen molar-refractivity contribution in [2.45, 2.75) is 33.0 Å². The van der Waals surface area contributed by atoms with Gasteiger partial charge in [-0.2, -0.15) is 0 Å². The highest BCUT2D eigenvalue weighted by Gasteiger charge is 2.27. The van der Waals surface area contributed by atoms with E-state index in [9.17, 15) is 4.79 Å². The molecule has 0 unspecified atom stereocenters. The Labute approximate surface area is 194 Å². The van der Waals surface area contributed by atoms with Crippen molar-refractivity contribution < 1.29 is 14.3 Å². The van der Waals surface area contributed by atoms with Crippen LogP contribution in [-0.4, -0.2) is 28.7 Å². The molecule has 1 amide bonds. The maximum absolute atomic E-state index is 12.4. The van der Waals surface area contributed by atoms with Gasteiger partial charge in [0.1, 0.15) is 12.4 Å². The topological polar surface area (TPSA) is 43.7 Å². The van der Waals surface area contributed by atoms with Crippen LogP contribution in [0.4, 0.5) is 4.79 Å². The number of aromatic nitrogens is 1. The van der Waals surface area contributed by atoms with Gasteiger partial charge >= 0.3 is 6.09 Å². The predicted molar refractivity (Wildman–Crippen MR) is 129 cm³/mol. The van der Waals surface area contributed by atoms with Crippen LogP contribution in [0.5, 0.6) is 5.75 Å². The molecule has 0 N–H and O–H groups in total. The Balaban J connectivity index is 1.51. The van der Waals surface area contributed by atoms with Crippen molar-refractivity contribution in [3.05, 3.63) is 101 Å². The highest BCUT2D eigenvalue weighted by Crippen LogP contribution is 2.34. The van der Waals surface area contributed by atoms with E-state index in [4.69, 9.17) is 9.47 Å². The Kier molecular flexibility index (Phi) is 6.03. The fourth-order valence-electron chi connectivity index (χ4n) is 4.58. The summed E-state index contributed by atoms with van der Waals surface area (Å²) in [4.78, 5) is 14.2. The number of ether oxygens (including phenoxy) is 2. The second kappa shape index (κ2) is 9.41. The molecule has 33 heavy (non-hydrogen) atoms. The third-order valence-electron chi connectivity index (χ3n) is 6.18. The minimum atomic E-state index is -0.247. The first kappa shape index (κ1) is 21.1. The van der Waals surface area contributed by atoms with Crippen LogP contribution in [0.1, 0.15) is 29.3 Å². The predicted octanol–water partition coefficient (Wildman–Crippen LogP) is 5.78. The standard InChI is InChI=1S/C28H28N2O3/c1-2-32-28(31)29-16-15-27-25(19-29)24-17-23(33-20-22-11-7-4-8-12-22)13-14-26(24)30(27)18-21-9-5-3-6-10-21/h3-14,17H,2,15-16,18-20H2,1H3. The van der Waals surface area contributed by atoms with Crippen LogP contribution in [-0.2, 0) is 30.9 Å². The summed E-state index contributed by atoms with van der Waals surface area (Å²) < 4.78 is 13.8. The van der Waals surface area contributed by atoms with Crippen LogP contribution in [0.25, 0.3) is 10.9 Å². The molecule has 5 nitrogen and oxygen atoms in total. The number of rotatable bonds is 6. The SMILES string of the molecule is CCOC(=O)N1CCc2c(c3cc(OCc4ccccc4)ccc3n2Cc2ccccc2)C1. The number of benzene rings is 3. The molecule has 0 fully saturated rings. The smallest absolute Gasteiger partial charge is 0.410 e. The van der Waals surface area contributed by atoms with Crippen molar-refractivity contribution in [3.8, 4) is 5.75 Å². The maximum Gasteiger partial charge on any atom is 0.410 e. The van der Waals surface area contributed by atoms with Gasteiger partial charge in [-0.25, -0.2) is 4.79 Å². The van der Waals surface area contributed by atoms with E-state index in [-0.39, 0.29) is 6.09 Å². The number of hydrogen-bond acceptors (Lipinski definition) is 3. The highest BCUT2D eigenvalue weighted by molar-refractivity contribution is 5.88. The minimum Gasteiger partial charge on any atom is -0.489 e. The quantitative estimate of drug-likeness (QED) is 0.382. The number of nitrogens with zero attached hydrogens (tertiary/aromatic N) is 2. The van der Waals surface area contributed by atoms with Crippen LogP contribution in [0.2, 0.25) is 0 Å². The second-order valence-corrected chi connectivity index (χ2v) is 8.32. The van der Waals surface area contributed by atoms with Gasteiger partial charge < -0.3 is 18.9 Å².